The minimum absolute atomic E-state index is 0.0631. The van der Waals surface area contributed by atoms with E-state index in [1.807, 2.05) is 6.92 Å². The lowest BCUT2D eigenvalue weighted by atomic mass is 9.90. The van der Waals surface area contributed by atoms with E-state index in [4.69, 9.17) is 10.5 Å². The molecule has 1 aliphatic rings. The van der Waals surface area contributed by atoms with Gasteiger partial charge in [0.15, 0.2) is 0 Å². The van der Waals surface area contributed by atoms with E-state index in [1.54, 1.807) is 11.3 Å². The number of nitrogens with two attached hydrogens (primary N) is 1. The fourth-order valence-electron chi connectivity index (χ4n) is 2.58. The Balaban J connectivity index is 1.85. The van der Waals surface area contributed by atoms with Crippen LogP contribution in [0, 0.1) is 5.92 Å². The topological polar surface area (TPSA) is 35.2 Å². The van der Waals surface area contributed by atoms with Crippen molar-refractivity contribution in [2.45, 2.75) is 51.2 Å². The third-order valence-electron chi connectivity index (χ3n) is 3.59. The zero-order valence-corrected chi connectivity index (χ0v) is 11.4. The summed E-state index contributed by atoms with van der Waals surface area (Å²) in [6.07, 6.45) is 6.87. The van der Waals surface area contributed by atoms with E-state index in [1.165, 1.54) is 37.7 Å². The van der Waals surface area contributed by atoms with Crippen molar-refractivity contribution in [3.63, 3.8) is 0 Å². The van der Waals surface area contributed by atoms with Crippen LogP contribution in [0.2, 0.25) is 0 Å². The van der Waals surface area contributed by atoms with E-state index >= 15 is 0 Å². The molecule has 0 spiro atoms. The average molecular weight is 253 g/mol. The molecule has 2 nitrogen and oxygen atoms in total. The van der Waals surface area contributed by atoms with Crippen molar-refractivity contribution in [3.05, 3.63) is 22.4 Å². The average Bonchev–Trinajstić information content (AvgIpc) is 2.84. The molecular formula is C14H23NOS. The van der Waals surface area contributed by atoms with Crippen molar-refractivity contribution in [2.24, 2.45) is 11.7 Å². The van der Waals surface area contributed by atoms with Gasteiger partial charge in [-0.2, -0.15) is 11.3 Å². The maximum absolute atomic E-state index is 6.07. The van der Waals surface area contributed by atoms with Crippen LogP contribution in [0.15, 0.2) is 16.8 Å². The van der Waals surface area contributed by atoms with Crippen LogP contribution in [0.3, 0.4) is 0 Å². The van der Waals surface area contributed by atoms with Gasteiger partial charge in [-0.05, 0) is 48.1 Å². The van der Waals surface area contributed by atoms with E-state index < -0.39 is 0 Å². The van der Waals surface area contributed by atoms with Crippen molar-refractivity contribution >= 4 is 11.3 Å². The Labute approximate surface area is 108 Å². The van der Waals surface area contributed by atoms with Crippen LogP contribution in [0.1, 0.15) is 50.7 Å². The fourth-order valence-corrected chi connectivity index (χ4v) is 3.27. The molecule has 96 valence electrons. The summed E-state index contributed by atoms with van der Waals surface area (Å²) < 4.78 is 6.07. The van der Waals surface area contributed by atoms with Crippen molar-refractivity contribution in [1.82, 2.24) is 0 Å². The van der Waals surface area contributed by atoms with Crippen LogP contribution in [0.25, 0.3) is 0 Å². The second-order valence-corrected chi connectivity index (χ2v) is 5.95. The molecule has 1 heterocycles. The highest BCUT2D eigenvalue weighted by atomic mass is 32.1. The van der Waals surface area contributed by atoms with E-state index in [9.17, 15) is 0 Å². The molecule has 1 aliphatic carbocycles. The number of ether oxygens (including phenoxy) is 1. The van der Waals surface area contributed by atoms with Gasteiger partial charge in [0.1, 0.15) is 0 Å². The molecule has 1 aromatic rings. The third-order valence-corrected chi connectivity index (χ3v) is 4.29. The van der Waals surface area contributed by atoms with Crippen LogP contribution in [-0.2, 0) is 4.74 Å². The molecule has 1 aromatic heterocycles. The van der Waals surface area contributed by atoms with Crippen LogP contribution in [0.4, 0.5) is 0 Å². The van der Waals surface area contributed by atoms with Gasteiger partial charge in [-0.1, -0.05) is 19.3 Å². The number of rotatable bonds is 5. The Hall–Kier alpha value is -0.380. The monoisotopic (exact) mass is 253 g/mol. The molecule has 0 radical (unpaired) electrons. The zero-order valence-electron chi connectivity index (χ0n) is 10.6. The van der Waals surface area contributed by atoms with E-state index in [2.05, 4.69) is 16.8 Å². The summed E-state index contributed by atoms with van der Waals surface area (Å²) in [5.74, 6) is 0.753. The summed E-state index contributed by atoms with van der Waals surface area (Å²) in [5.41, 5.74) is 7.26. The summed E-state index contributed by atoms with van der Waals surface area (Å²) in [7, 11) is 0. The van der Waals surface area contributed by atoms with Gasteiger partial charge >= 0.3 is 0 Å². The van der Waals surface area contributed by atoms with Gasteiger partial charge in [0.2, 0.25) is 0 Å². The summed E-state index contributed by atoms with van der Waals surface area (Å²) in [5, 5.41) is 4.24. The number of hydrogen-bond acceptors (Lipinski definition) is 3. The van der Waals surface area contributed by atoms with E-state index in [0.717, 1.165) is 12.5 Å². The summed E-state index contributed by atoms with van der Waals surface area (Å²) >= 11 is 1.71. The van der Waals surface area contributed by atoms with Crippen LogP contribution < -0.4 is 5.73 Å². The van der Waals surface area contributed by atoms with Crippen LogP contribution >= 0.6 is 11.3 Å². The first-order chi connectivity index (χ1) is 8.27. The lowest BCUT2D eigenvalue weighted by molar-refractivity contribution is 0.00846. The van der Waals surface area contributed by atoms with Gasteiger partial charge in [-0.15, -0.1) is 0 Å². The molecule has 1 saturated carbocycles. The van der Waals surface area contributed by atoms with Crippen LogP contribution in [-0.4, -0.2) is 12.6 Å². The molecule has 2 unspecified atom stereocenters. The Morgan fingerprint density at radius 1 is 1.41 bits per heavy atom. The maximum Gasteiger partial charge on any atom is 0.0981 e. The highest BCUT2D eigenvalue weighted by Gasteiger charge is 2.20. The molecule has 1 fully saturated rings. The molecule has 17 heavy (non-hydrogen) atoms. The van der Waals surface area contributed by atoms with Gasteiger partial charge in [0.25, 0.3) is 0 Å². The quantitative estimate of drug-likeness (QED) is 0.867. The van der Waals surface area contributed by atoms with Gasteiger partial charge in [-0.3, -0.25) is 0 Å². The Morgan fingerprint density at radius 3 is 2.76 bits per heavy atom. The molecule has 2 rings (SSSR count). The van der Waals surface area contributed by atoms with Crippen molar-refractivity contribution in [1.29, 1.82) is 0 Å². The molecule has 2 N–H and O–H groups in total. The molecule has 0 aromatic carbocycles. The first kappa shape index (κ1) is 13.1. The van der Waals surface area contributed by atoms with Crippen molar-refractivity contribution < 1.29 is 4.74 Å². The molecule has 0 amide bonds. The Kier molecular flexibility index (Phi) is 5.01. The highest BCUT2D eigenvalue weighted by Crippen LogP contribution is 2.28. The van der Waals surface area contributed by atoms with Gasteiger partial charge < -0.3 is 10.5 Å². The van der Waals surface area contributed by atoms with Gasteiger partial charge in [0.05, 0.1) is 12.7 Å². The minimum atomic E-state index is 0.0631. The third kappa shape index (κ3) is 3.80. The minimum Gasteiger partial charge on any atom is -0.372 e. The number of thiophene rings is 1. The predicted molar refractivity (Wildman–Crippen MR) is 73.2 cm³/mol. The first-order valence-electron chi connectivity index (χ1n) is 6.66. The van der Waals surface area contributed by atoms with Crippen LogP contribution in [0.5, 0.6) is 0 Å². The van der Waals surface area contributed by atoms with E-state index in [0.29, 0.717) is 0 Å². The predicted octanol–water partition coefficient (Wildman–Crippen LogP) is 3.73. The number of hydrogen-bond donors (Lipinski definition) is 1. The summed E-state index contributed by atoms with van der Waals surface area (Å²) in [6.45, 7) is 2.91. The standard InChI is InChI=1S/C14H23NOS/c1-11(15)14(13-7-8-17-10-13)16-9-12-5-3-2-4-6-12/h7-8,10-12,14H,2-6,9,15H2,1H3. The second-order valence-electron chi connectivity index (χ2n) is 5.17. The Morgan fingerprint density at radius 2 is 2.18 bits per heavy atom. The molecule has 0 aliphatic heterocycles. The lowest BCUT2D eigenvalue weighted by Gasteiger charge is -2.26. The van der Waals surface area contributed by atoms with Crippen molar-refractivity contribution in [3.8, 4) is 0 Å². The molecular weight excluding hydrogens is 230 g/mol. The first-order valence-corrected chi connectivity index (χ1v) is 7.61. The lowest BCUT2D eigenvalue weighted by Crippen LogP contribution is -2.28. The van der Waals surface area contributed by atoms with E-state index in [-0.39, 0.29) is 12.1 Å². The van der Waals surface area contributed by atoms with Crippen molar-refractivity contribution in [2.75, 3.05) is 6.61 Å². The van der Waals surface area contributed by atoms with Gasteiger partial charge in [-0.25, -0.2) is 0 Å². The highest BCUT2D eigenvalue weighted by molar-refractivity contribution is 7.07. The summed E-state index contributed by atoms with van der Waals surface area (Å²) in [6, 6.07) is 2.19. The molecule has 0 bridgehead atoms. The molecule has 0 saturated heterocycles. The molecule has 3 heteroatoms. The fraction of sp³-hybridized carbons (Fsp3) is 0.714. The maximum atomic E-state index is 6.07. The SMILES string of the molecule is CC(N)C(OCC1CCCCC1)c1ccsc1. The second kappa shape index (κ2) is 6.53. The normalized spacial score (nSPS) is 21.3. The smallest absolute Gasteiger partial charge is 0.0981 e. The largest absolute Gasteiger partial charge is 0.372 e. The molecule has 2 atom stereocenters. The zero-order chi connectivity index (χ0) is 12.1. The van der Waals surface area contributed by atoms with Gasteiger partial charge in [0, 0.05) is 6.04 Å². The Bertz CT molecular complexity index is 304. The summed E-state index contributed by atoms with van der Waals surface area (Å²) in [4.78, 5) is 0.